The van der Waals surface area contributed by atoms with Gasteiger partial charge in [-0.15, -0.1) is 0 Å². The number of nitrogens with one attached hydrogen (secondary N) is 2. The van der Waals surface area contributed by atoms with Crippen LogP contribution in [0.3, 0.4) is 0 Å². The van der Waals surface area contributed by atoms with Gasteiger partial charge in [-0.3, -0.25) is 9.59 Å². The van der Waals surface area contributed by atoms with E-state index in [1.165, 1.54) is 37.2 Å². The zero-order chi connectivity index (χ0) is 18.0. The number of benzene rings is 1. The molecule has 0 aliphatic carbocycles. The zero-order valence-electron chi connectivity index (χ0n) is 15.1. The van der Waals surface area contributed by atoms with Gasteiger partial charge in [0.05, 0.1) is 5.56 Å². The summed E-state index contributed by atoms with van der Waals surface area (Å²) in [6, 6.07) is 8.16. The summed E-state index contributed by atoms with van der Waals surface area (Å²) in [5.41, 5.74) is 3.98. The van der Waals surface area contributed by atoms with Gasteiger partial charge >= 0.3 is 0 Å². The molecular formula is C20H25N3O2. The van der Waals surface area contributed by atoms with Crippen molar-refractivity contribution in [2.45, 2.75) is 46.1 Å². The number of nitrogens with zero attached hydrogens (tertiary/aromatic N) is 1. The fourth-order valence-corrected chi connectivity index (χ4v) is 3.46. The quantitative estimate of drug-likeness (QED) is 0.897. The van der Waals surface area contributed by atoms with Gasteiger partial charge in [-0.25, -0.2) is 0 Å². The fourth-order valence-electron chi connectivity index (χ4n) is 3.46. The largest absolute Gasteiger partial charge is 0.369 e. The Kier molecular flexibility index (Phi) is 4.93. The van der Waals surface area contributed by atoms with E-state index in [1.807, 2.05) is 13.0 Å². The lowest BCUT2D eigenvalue weighted by molar-refractivity contribution is 0.102. The highest BCUT2D eigenvalue weighted by atomic mass is 16.1. The molecule has 3 rings (SSSR count). The fraction of sp³-hybridized carbons (Fsp3) is 0.400. The third-order valence-corrected chi connectivity index (χ3v) is 4.97. The molecule has 1 aromatic carbocycles. The van der Waals surface area contributed by atoms with Crippen LogP contribution in [0.25, 0.3) is 0 Å². The first-order valence-corrected chi connectivity index (χ1v) is 8.83. The van der Waals surface area contributed by atoms with Gasteiger partial charge in [0.2, 0.25) is 5.56 Å². The first kappa shape index (κ1) is 17.3. The Labute approximate surface area is 148 Å². The van der Waals surface area contributed by atoms with Crippen molar-refractivity contribution >= 4 is 17.3 Å². The molecule has 1 saturated heterocycles. The van der Waals surface area contributed by atoms with Gasteiger partial charge in [-0.05, 0) is 69.4 Å². The number of piperidine rings is 1. The molecular weight excluding hydrogens is 314 g/mol. The minimum atomic E-state index is -0.212. The normalized spacial score (nSPS) is 17.4. The van der Waals surface area contributed by atoms with Crippen LogP contribution in [0, 0.1) is 13.8 Å². The number of aromatic amines is 1. The number of carbonyl (C=O) groups excluding carboxylic acids is 1. The van der Waals surface area contributed by atoms with Crippen LogP contribution in [0.2, 0.25) is 0 Å². The van der Waals surface area contributed by atoms with Crippen molar-refractivity contribution in [2.75, 3.05) is 16.8 Å². The summed E-state index contributed by atoms with van der Waals surface area (Å²) >= 11 is 0. The number of amides is 1. The van der Waals surface area contributed by atoms with Gasteiger partial charge in [0.25, 0.3) is 5.91 Å². The van der Waals surface area contributed by atoms with E-state index >= 15 is 0 Å². The summed E-state index contributed by atoms with van der Waals surface area (Å²) < 4.78 is 0. The predicted molar refractivity (Wildman–Crippen MR) is 102 cm³/mol. The number of anilines is 2. The van der Waals surface area contributed by atoms with Crippen molar-refractivity contribution in [3.63, 3.8) is 0 Å². The van der Waals surface area contributed by atoms with Crippen molar-refractivity contribution in [1.29, 1.82) is 0 Å². The Morgan fingerprint density at radius 2 is 2.00 bits per heavy atom. The molecule has 1 amide bonds. The maximum Gasteiger partial charge on any atom is 0.257 e. The molecule has 1 aliphatic rings. The third kappa shape index (κ3) is 3.76. The summed E-state index contributed by atoms with van der Waals surface area (Å²) in [5, 5.41) is 2.95. The molecule has 2 aromatic rings. The zero-order valence-corrected chi connectivity index (χ0v) is 15.1. The molecule has 0 radical (unpaired) electrons. The van der Waals surface area contributed by atoms with Crippen LogP contribution in [-0.4, -0.2) is 23.5 Å². The molecule has 2 N–H and O–H groups in total. The van der Waals surface area contributed by atoms with Gasteiger partial charge in [0.15, 0.2) is 0 Å². The summed E-state index contributed by atoms with van der Waals surface area (Å²) in [7, 11) is 0. The van der Waals surface area contributed by atoms with Crippen molar-refractivity contribution in [1.82, 2.24) is 4.98 Å². The van der Waals surface area contributed by atoms with E-state index < -0.39 is 0 Å². The van der Waals surface area contributed by atoms with Crippen molar-refractivity contribution in [3.8, 4) is 0 Å². The Hall–Kier alpha value is -2.56. The molecule has 132 valence electrons. The van der Waals surface area contributed by atoms with E-state index in [-0.39, 0.29) is 11.5 Å². The summed E-state index contributed by atoms with van der Waals surface area (Å²) in [5.74, 6) is -0.212. The second-order valence-corrected chi connectivity index (χ2v) is 6.89. The van der Waals surface area contributed by atoms with Crippen molar-refractivity contribution < 1.29 is 4.79 Å². The number of hydrogen-bond acceptors (Lipinski definition) is 3. The van der Waals surface area contributed by atoms with E-state index in [4.69, 9.17) is 0 Å². The van der Waals surface area contributed by atoms with Crippen molar-refractivity contribution in [3.05, 3.63) is 57.5 Å². The van der Waals surface area contributed by atoms with Crippen LogP contribution in [0.5, 0.6) is 0 Å². The Morgan fingerprint density at radius 3 is 2.68 bits per heavy atom. The molecule has 1 fully saturated rings. The molecule has 1 unspecified atom stereocenters. The molecule has 1 aromatic heterocycles. The van der Waals surface area contributed by atoms with Gasteiger partial charge in [0.1, 0.15) is 0 Å². The molecule has 2 heterocycles. The molecule has 0 bridgehead atoms. The van der Waals surface area contributed by atoms with Crippen LogP contribution in [0.4, 0.5) is 11.4 Å². The van der Waals surface area contributed by atoms with Gasteiger partial charge in [0, 0.05) is 36.2 Å². The minimum Gasteiger partial charge on any atom is -0.369 e. The smallest absolute Gasteiger partial charge is 0.257 e. The molecule has 1 atom stereocenters. The lowest BCUT2D eigenvalue weighted by Crippen LogP contribution is -2.37. The standard InChI is InChI=1S/C20H25N3O2/c1-13-11-19(24)21-12-17(13)20(25)22-18-8-7-16(10-14(18)2)23-9-5-4-6-15(23)3/h7-8,10-12,15H,4-6,9H2,1-3H3,(H,21,24)(H,22,25). The number of aromatic nitrogens is 1. The maximum atomic E-state index is 12.5. The lowest BCUT2D eigenvalue weighted by Gasteiger charge is -2.35. The van der Waals surface area contributed by atoms with E-state index in [9.17, 15) is 9.59 Å². The first-order valence-electron chi connectivity index (χ1n) is 8.83. The minimum absolute atomic E-state index is 0.203. The number of carbonyl (C=O) groups is 1. The highest BCUT2D eigenvalue weighted by Gasteiger charge is 2.19. The summed E-state index contributed by atoms with van der Waals surface area (Å²) in [6.07, 6.45) is 5.21. The SMILES string of the molecule is Cc1cc(N2CCCCC2C)ccc1NC(=O)c1c[nH]c(=O)cc1C. The number of hydrogen-bond donors (Lipinski definition) is 2. The average molecular weight is 339 g/mol. The van der Waals surface area contributed by atoms with Crippen LogP contribution < -0.4 is 15.8 Å². The van der Waals surface area contributed by atoms with Crippen LogP contribution in [0.15, 0.2) is 35.3 Å². The highest BCUT2D eigenvalue weighted by molar-refractivity contribution is 6.05. The van der Waals surface area contributed by atoms with E-state index in [2.05, 4.69) is 34.3 Å². The topological polar surface area (TPSA) is 65.2 Å². The van der Waals surface area contributed by atoms with Gasteiger partial charge in [-0.2, -0.15) is 0 Å². The van der Waals surface area contributed by atoms with E-state index in [0.717, 1.165) is 17.8 Å². The second kappa shape index (κ2) is 7.13. The molecule has 0 spiro atoms. The van der Waals surface area contributed by atoms with Crippen LogP contribution in [0.1, 0.15) is 47.7 Å². The Balaban J connectivity index is 1.79. The summed E-state index contributed by atoms with van der Waals surface area (Å²) in [4.78, 5) is 28.8. The van der Waals surface area contributed by atoms with Crippen LogP contribution >= 0.6 is 0 Å². The number of pyridine rings is 1. The van der Waals surface area contributed by atoms with E-state index in [0.29, 0.717) is 17.2 Å². The monoisotopic (exact) mass is 339 g/mol. The Bertz CT molecular complexity index is 841. The maximum absolute atomic E-state index is 12.5. The van der Waals surface area contributed by atoms with Crippen molar-refractivity contribution in [2.24, 2.45) is 0 Å². The first-order chi connectivity index (χ1) is 12.0. The molecule has 0 saturated carbocycles. The molecule has 5 nitrogen and oxygen atoms in total. The Morgan fingerprint density at radius 1 is 1.20 bits per heavy atom. The third-order valence-electron chi connectivity index (χ3n) is 4.97. The number of aryl methyl sites for hydroxylation is 2. The molecule has 1 aliphatic heterocycles. The number of H-pyrrole nitrogens is 1. The molecule has 25 heavy (non-hydrogen) atoms. The molecule has 5 heteroatoms. The van der Waals surface area contributed by atoms with Gasteiger partial charge in [-0.1, -0.05) is 0 Å². The predicted octanol–water partition coefficient (Wildman–Crippen LogP) is 3.62. The summed E-state index contributed by atoms with van der Waals surface area (Å²) in [6.45, 7) is 7.12. The highest BCUT2D eigenvalue weighted by Crippen LogP contribution is 2.28. The van der Waals surface area contributed by atoms with Gasteiger partial charge < -0.3 is 15.2 Å². The van der Waals surface area contributed by atoms with E-state index in [1.54, 1.807) is 6.92 Å². The second-order valence-electron chi connectivity index (χ2n) is 6.89. The number of rotatable bonds is 3. The average Bonchev–Trinajstić information content (AvgIpc) is 2.57. The lowest BCUT2D eigenvalue weighted by atomic mass is 10.0. The van der Waals surface area contributed by atoms with Crippen LogP contribution in [-0.2, 0) is 0 Å².